The van der Waals surface area contributed by atoms with Gasteiger partial charge in [-0.1, -0.05) is 0 Å². The summed E-state index contributed by atoms with van der Waals surface area (Å²) in [7, 11) is 1.57. The Morgan fingerprint density at radius 1 is 1.21 bits per heavy atom. The summed E-state index contributed by atoms with van der Waals surface area (Å²) in [6.07, 6.45) is -5.96. The van der Waals surface area contributed by atoms with Crippen LogP contribution in [0, 0.1) is 5.92 Å². The molecular formula is C26H51N7O9. The fourth-order valence-electron chi connectivity index (χ4n) is 6.11. The number of nitrogens with two attached hydrogens (primary N) is 4. The van der Waals surface area contributed by atoms with Crippen molar-refractivity contribution < 1.29 is 44.5 Å². The lowest BCUT2D eigenvalue weighted by Gasteiger charge is -2.51. The van der Waals surface area contributed by atoms with Crippen LogP contribution in [0.4, 0.5) is 0 Å². The van der Waals surface area contributed by atoms with Crippen LogP contribution in [0.5, 0.6) is 0 Å². The van der Waals surface area contributed by atoms with Gasteiger partial charge in [-0.2, -0.15) is 0 Å². The lowest BCUT2D eigenvalue weighted by Crippen LogP contribution is -2.70. The SMILES string of the molecule is CNC1C(O)C(OC2C(NC(=O)C(O)C(O)CN)CC(N)C(C3OC(CN)=CCC3NCCCN)C2O)OCC1(C)O. The van der Waals surface area contributed by atoms with Crippen molar-refractivity contribution in [2.24, 2.45) is 28.9 Å². The van der Waals surface area contributed by atoms with Crippen molar-refractivity contribution in [3.05, 3.63) is 11.8 Å². The topological polar surface area (TPSA) is 286 Å². The number of amides is 1. The van der Waals surface area contributed by atoms with E-state index >= 15 is 0 Å². The van der Waals surface area contributed by atoms with Crippen LogP contribution in [-0.2, 0) is 19.0 Å². The molecule has 0 aromatic rings. The number of ether oxygens (including phenoxy) is 3. The summed E-state index contributed by atoms with van der Waals surface area (Å²) >= 11 is 0. The first-order valence-electron chi connectivity index (χ1n) is 14.5. The van der Waals surface area contributed by atoms with Crippen molar-refractivity contribution in [3.8, 4) is 0 Å². The molecule has 1 saturated carbocycles. The monoisotopic (exact) mass is 605 g/mol. The van der Waals surface area contributed by atoms with Gasteiger partial charge in [-0.15, -0.1) is 0 Å². The second kappa shape index (κ2) is 15.5. The smallest absolute Gasteiger partial charge is 0.251 e. The molecule has 2 fully saturated rings. The molecule has 16 nitrogen and oxygen atoms in total. The molecule has 0 aromatic heterocycles. The number of rotatable bonds is 13. The Morgan fingerprint density at radius 3 is 2.55 bits per heavy atom. The number of likely N-dealkylation sites (N-methyl/N-ethyl adjacent to an activating group) is 1. The van der Waals surface area contributed by atoms with Crippen molar-refractivity contribution in [2.75, 3.05) is 39.8 Å². The summed E-state index contributed by atoms with van der Waals surface area (Å²) in [5, 5.41) is 62.6. The van der Waals surface area contributed by atoms with Crippen molar-refractivity contribution in [3.63, 3.8) is 0 Å². The zero-order chi connectivity index (χ0) is 31.2. The number of hydrogen-bond donors (Lipinski definition) is 12. The van der Waals surface area contributed by atoms with Gasteiger partial charge in [0.2, 0.25) is 0 Å². The third-order valence-corrected chi connectivity index (χ3v) is 8.43. The Kier molecular flexibility index (Phi) is 12.9. The first kappa shape index (κ1) is 35.0. The molecule has 3 aliphatic rings. The van der Waals surface area contributed by atoms with Gasteiger partial charge in [0.1, 0.15) is 35.8 Å². The molecule has 2 aliphatic heterocycles. The molecule has 42 heavy (non-hydrogen) atoms. The average molecular weight is 606 g/mol. The maximum atomic E-state index is 12.8. The second-order valence-electron chi connectivity index (χ2n) is 11.6. The summed E-state index contributed by atoms with van der Waals surface area (Å²) in [4.78, 5) is 12.8. The van der Waals surface area contributed by atoms with Crippen LogP contribution < -0.4 is 38.9 Å². The van der Waals surface area contributed by atoms with Gasteiger partial charge in [0, 0.05) is 24.5 Å². The van der Waals surface area contributed by atoms with E-state index in [1.807, 2.05) is 6.08 Å². The normalized spacial score (nSPS) is 40.5. The maximum absolute atomic E-state index is 12.8. The van der Waals surface area contributed by atoms with Crippen molar-refractivity contribution in [1.29, 1.82) is 0 Å². The zero-order valence-electron chi connectivity index (χ0n) is 24.3. The third-order valence-electron chi connectivity index (χ3n) is 8.43. The Morgan fingerprint density at radius 2 is 1.93 bits per heavy atom. The van der Waals surface area contributed by atoms with E-state index in [2.05, 4.69) is 16.0 Å². The maximum Gasteiger partial charge on any atom is 0.251 e. The highest BCUT2D eigenvalue weighted by atomic mass is 16.7. The second-order valence-corrected chi connectivity index (χ2v) is 11.6. The van der Waals surface area contributed by atoms with E-state index in [1.54, 1.807) is 7.05 Å². The Bertz CT molecular complexity index is 900. The lowest BCUT2D eigenvalue weighted by atomic mass is 9.72. The molecule has 0 aromatic carbocycles. The van der Waals surface area contributed by atoms with Crippen molar-refractivity contribution >= 4 is 5.91 Å². The minimum atomic E-state index is -1.84. The van der Waals surface area contributed by atoms with E-state index < -0.39 is 78.5 Å². The van der Waals surface area contributed by atoms with E-state index in [4.69, 9.17) is 37.1 Å². The number of nitrogens with one attached hydrogen (secondary N) is 3. The fourth-order valence-corrected chi connectivity index (χ4v) is 6.11. The van der Waals surface area contributed by atoms with Gasteiger partial charge >= 0.3 is 0 Å². The summed E-state index contributed by atoms with van der Waals surface area (Å²) in [6, 6.07) is -2.77. The van der Waals surface area contributed by atoms with Crippen LogP contribution in [0.3, 0.4) is 0 Å². The number of carbonyl (C=O) groups excluding carboxylic acids is 1. The first-order valence-corrected chi connectivity index (χ1v) is 14.5. The Labute approximate surface area is 246 Å². The van der Waals surface area contributed by atoms with E-state index in [9.17, 15) is 30.3 Å². The summed E-state index contributed by atoms with van der Waals surface area (Å²) in [6.45, 7) is 2.22. The van der Waals surface area contributed by atoms with Crippen LogP contribution in [0.2, 0.25) is 0 Å². The standard InChI is InChI=1S/C26H51N7O9/c1-26(39)11-40-25(20(37)23(26)31-2)42-22-15(33-24(38)18(35)16(34)10-29)8-13(30)17(19(22)36)21-14(32-7-3-6-27)5-4-12(9-28)41-21/h4,13-23,25,31-32,34-37,39H,3,5-11,27-30H2,1-2H3,(H,33,38). The highest BCUT2D eigenvalue weighted by Gasteiger charge is 2.53. The first-order chi connectivity index (χ1) is 19.9. The molecule has 0 bridgehead atoms. The number of carbonyl (C=O) groups is 1. The molecule has 16 heteroatoms. The highest BCUT2D eigenvalue weighted by Crippen LogP contribution is 2.37. The Hall–Kier alpha value is -1.51. The van der Waals surface area contributed by atoms with Crippen LogP contribution in [0.15, 0.2) is 11.8 Å². The summed E-state index contributed by atoms with van der Waals surface area (Å²) in [5.74, 6) is -1.11. The van der Waals surface area contributed by atoms with Gasteiger partial charge in [-0.25, -0.2) is 0 Å². The van der Waals surface area contributed by atoms with Crippen LogP contribution in [0.1, 0.15) is 26.2 Å². The molecule has 13 unspecified atom stereocenters. The number of aliphatic hydroxyl groups is 5. The molecule has 13 atom stereocenters. The van der Waals surface area contributed by atoms with Gasteiger partial charge in [-0.05, 0) is 52.4 Å². The van der Waals surface area contributed by atoms with Crippen molar-refractivity contribution in [2.45, 2.75) is 98.9 Å². The fraction of sp³-hybridized carbons (Fsp3) is 0.885. The number of aliphatic hydroxyl groups excluding tert-OH is 4. The largest absolute Gasteiger partial charge is 0.492 e. The molecule has 3 rings (SSSR count). The Balaban J connectivity index is 1.91. The average Bonchev–Trinajstić information content (AvgIpc) is 2.95. The van der Waals surface area contributed by atoms with E-state index in [0.29, 0.717) is 25.3 Å². The molecule has 244 valence electrons. The summed E-state index contributed by atoms with van der Waals surface area (Å²) < 4.78 is 18.1. The van der Waals surface area contributed by atoms with Gasteiger partial charge < -0.3 is 78.6 Å². The molecule has 16 N–H and O–H groups in total. The molecular weight excluding hydrogens is 554 g/mol. The summed E-state index contributed by atoms with van der Waals surface area (Å²) in [5.41, 5.74) is 22.1. The van der Waals surface area contributed by atoms with E-state index in [1.165, 1.54) is 6.92 Å². The van der Waals surface area contributed by atoms with Gasteiger partial charge in [0.15, 0.2) is 12.4 Å². The van der Waals surface area contributed by atoms with E-state index in [-0.39, 0.29) is 32.2 Å². The van der Waals surface area contributed by atoms with Crippen LogP contribution in [0.25, 0.3) is 0 Å². The zero-order valence-corrected chi connectivity index (χ0v) is 24.3. The number of hydrogen-bond acceptors (Lipinski definition) is 15. The van der Waals surface area contributed by atoms with Gasteiger partial charge in [-0.3, -0.25) is 4.79 Å². The minimum Gasteiger partial charge on any atom is -0.492 e. The van der Waals surface area contributed by atoms with E-state index in [0.717, 1.165) is 6.42 Å². The lowest BCUT2D eigenvalue weighted by molar-refractivity contribution is -0.297. The predicted molar refractivity (Wildman–Crippen MR) is 151 cm³/mol. The highest BCUT2D eigenvalue weighted by molar-refractivity contribution is 5.81. The predicted octanol–water partition coefficient (Wildman–Crippen LogP) is -5.76. The van der Waals surface area contributed by atoms with Crippen LogP contribution in [-0.4, -0.2) is 144 Å². The molecule has 1 saturated heterocycles. The molecule has 0 spiro atoms. The van der Waals surface area contributed by atoms with Crippen molar-refractivity contribution in [1.82, 2.24) is 16.0 Å². The molecule has 1 amide bonds. The van der Waals surface area contributed by atoms with Gasteiger partial charge in [0.25, 0.3) is 5.91 Å². The molecule has 2 heterocycles. The quantitative estimate of drug-likeness (QED) is 0.0871. The minimum absolute atomic E-state index is 0.0800. The molecule has 0 radical (unpaired) electrons. The third kappa shape index (κ3) is 7.95. The van der Waals surface area contributed by atoms with Gasteiger partial charge in [0.05, 0.1) is 31.3 Å². The molecule has 1 aliphatic carbocycles. The van der Waals surface area contributed by atoms with Crippen LogP contribution >= 0.6 is 0 Å².